The second-order valence-electron chi connectivity index (χ2n) is 3.56. The minimum atomic E-state index is -2.55. The monoisotopic (exact) mass is 348 g/mol. The van der Waals surface area contributed by atoms with Crippen molar-refractivity contribution in [2.24, 2.45) is 0 Å². The lowest BCUT2D eigenvalue weighted by Crippen LogP contribution is -2.01. The van der Waals surface area contributed by atoms with Gasteiger partial charge in [0.2, 0.25) is 0 Å². The zero-order chi connectivity index (χ0) is 12.4. The molecule has 0 aliphatic heterocycles. The van der Waals surface area contributed by atoms with Gasteiger partial charge in [-0.05, 0) is 41.6 Å². The summed E-state index contributed by atoms with van der Waals surface area (Å²) in [5, 5.41) is 3.97. The van der Waals surface area contributed by atoms with E-state index in [2.05, 4.69) is 32.9 Å². The molecule has 5 heteroatoms. The van der Waals surface area contributed by atoms with Crippen LogP contribution in [0.5, 0.6) is 0 Å². The van der Waals surface area contributed by atoms with E-state index in [-0.39, 0.29) is 5.69 Å². The molecule has 0 saturated carbocycles. The lowest BCUT2D eigenvalue weighted by atomic mass is 10.1. The quantitative estimate of drug-likeness (QED) is 0.841. The molecule has 2 nitrogen and oxygen atoms in total. The van der Waals surface area contributed by atoms with Crippen LogP contribution in [0.1, 0.15) is 19.0 Å². The fourth-order valence-electron chi connectivity index (χ4n) is 1.68. The third-order valence-electron chi connectivity index (χ3n) is 2.40. The van der Waals surface area contributed by atoms with E-state index in [9.17, 15) is 8.78 Å². The largest absolute Gasteiger partial charge is 0.385 e. The Morgan fingerprint density at radius 1 is 1.41 bits per heavy atom. The maximum absolute atomic E-state index is 12.8. The van der Waals surface area contributed by atoms with Gasteiger partial charge in [0.1, 0.15) is 5.69 Å². The molecule has 90 valence electrons. The smallest absolute Gasteiger partial charge is 0.280 e. The van der Waals surface area contributed by atoms with Crippen LogP contribution in [0.3, 0.4) is 0 Å². The zero-order valence-corrected chi connectivity index (χ0v) is 11.3. The molecule has 0 spiro atoms. The number of para-hydroxylation sites is 1. The molecule has 0 atom stereocenters. The van der Waals surface area contributed by atoms with Crippen molar-refractivity contribution in [3.63, 3.8) is 0 Å². The Balaban J connectivity index is 2.72. The molecule has 0 fully saturated rings. The number of anilines is 1. The third-order valence-corrected chi connectivity index (χ3v) is 3.27. The molecule has 1 aromatic carbocycles. The Hall–Kier alpha value is -0.980. The van der Waals surface area contributed by atoms with Crippen molar-refractivity contribution in [1.82, 2.24) is 4.98 Å². The van der Waals surface area contributed by atoms with E-state index in [1.807, 2.05) is 25.1 Å². The van der Waals surface area contributed by atoms with Crippen molar-refractivity contribution in [3.8, 4) is 0 Å². The average molecular weight is 348 g/mol. The molecule has 1 heterocycles. The predicted octanol–water partition coefficient (Wildman–Crippen LogP) is 4.21. The number of aromatic nitrogens is 1. The minimum Gasteiger partial charge on any atom is -0.385 e. The van der Waals surface area contributed by atoms with Gasteiger partial charge in [0.15, 0.2) is 0 Å². The second kappa shape index (κ2) is 5.12. The van der Waals surface area contributed by atoms with Crippen LogP contribution in [-0.2, 0) is 0 Å². The van der Waals surface area contributed by atoms with Gasteiger partial charge >= 0.3 is 0 Å². The SMILES string of the molecule is CCNc1cc(C(F)F)nc2c(I)cccc12. The fourth-order valence-corrected chi connectivity index (χ4v) is 2.30. The molecule has 0 bridgehead atoms. The van der Waals surface area contributed by atoms with E-state index in [4.69, 9.17) is 0 Å². The Morgan fingerprint density at radius 2 is 2.18 bits per heavy atom. The van der Waals surface area contributed by atoms with E-state index >= 15 is 0 Å². The highest BCUT2D eigenvalue weighted by Crippen LogP contribution is 2.29. The summed E-state index contributed by atoms with van der Waals surface area (Å²) in [6.45, 7) is 2.62. The Labute approximate surface area is 112 Å². The Kier molecular flexibility index (Phi) is 3.76. The number of rotatable bonds is 3. The number of hydrogen-bond donors (Lipinski definition) is 1. The van der Waals surface area contributed by atoms with Crippen LogP contribution in [0.15, 0.2) is 24.3 Å². The molecule has 1 N–H and O–H groups in total. The lowest BCUT2D eigenvalue weighted by molar-refractivity contribution is 0.146. The van der Waals surface area contributed by atoms with Gasteiger partial charge in [0, 0.05) is 21.2 Å². The molecule has 0 aliphatic carbocycles. The molecule has 0 radical (unpaired) electrons. The van der Waals surface area contributed by atoms with Gasteiger partial charge < -0.3 is 5.32 Å². The summed E-state index contributed by atoms with van der Waals surface area (Å²) in [7, 11) is 0. The minimum absolute atomic E-state index is 0.183. The molecule has 2 aromatic rings. The van der Waals surface area contributed by atoms with E-state index in [1.54, 1.807) is 0 Å². The van der Waals surface area contributed by atoms with Crippen LogP contribution >= 0.6 is 22.6 Å². The third kappa shape index (κ3) is 2.48. The summed E-state index contributed by atoms with van der Waals surface area (Å²) in [6, 6.07) is 7.07. The lowest BCUT2D eigenvalue weighted by Gasteiger charge is -2.11. The van der Waals surface area contributed by atoms with Crippen LogP contribution < -0.4 is 5.32 Å². The fraction of sp³-hybridized carbons (Fsp3) is 0.250. The van der Waals surface area contributed by atoms with E-state index in [1.165, 1.54) is 6.07 Å². The van der Waals surface area contributed by atoms with Crippen molar-refractivity contribution in [3.05, 3.63) is 33.5 Å². The highest BCUT2D eigenvalue weighted by atomic mass is 127. The standard InChI is InChI=1S/C12H11F2IN2/c1-2-16-9-6-10(12(13)14)17-11-7(9)4-3-5-8(11)15/h3-6,12H,2H2,1H3,(H,16,17). The summed E-state index contributed by atoms with van der Waals surface area (Å²) in [4.78, 5) is 4.02. The number of alkyl halides is 2. The van der Waals surface area contributed by atoms with Crippen LogP contribution in [0.25, 0.3) is 10.9 Å². The predicted molar refractivity (Wildman–Crippen MR) is 73.6 cm³/mol. The van der Waals surface area contributed by atoms with Crippen molar-refractivity contribution in [2.75, 3.05) is 11.9 Å². The van der Waals surface area contributed by atoms with Crippen LogP contribution in [0.4, 0.5) is 14.5 Å². The number of halogens is 3. The summed E-state index contributed by atoms with van der Waals surface area (Å²) < 4.78 is 26.4. The van der Waals surface area contributed by atoms with Crippen molar-refractivity contribution >= 4 is 39.2 Å². The van der Waals surface area contributed by atoms with Gasteiger partial charge in [-0.2, -0.15) is 0 Å². The number of hydrogen-bond acceptors (Lipinski definition) is 2. The first kappa shape index (κ1) is 12.5. The summed E-state index contributed by atoms with van der Waals surface area (Å²) in [6.07, 6.45) is -2.55. The van der Waals surface area contributed by atoms with Gasteiger partial charge in [-0.3, -0.25) is 0 Å². The first-order valence-electron chi connectivity index (χ1n) is 5.24. The van der Waals surface area contributed by atoms with E-state index in [0.717, 1.165) is 8.96 Å². The van der Waals surface area contributed by atoms with Gasteiger partial charge in [0.25, 0.3) is 6.43 Å². The topological polar surface area (TPSA) is 24.9 Å². The normalized spacial score (nSPS) is 11.1. The molecule has 0 unspecified atom stereocenters. The number of pyridine rings is 1. The summed E-state index contributed by atoms with van der Waals surface area (Å²) in [5.41, 5.74) is 1.16. The molecule has 17 heavy (non-hydrogen) atoms. The summed E-state index contributed by atoms with van der Waals surface area (Å²) in [5.74, 6) is 0. The highest BCUT2D eigenvalue weighted by molar-refractivity contribution is 14.1. The average Bonchev–Trinajstić information content (AvgIpc) is 2.30. The van der Waals surface area contributed by atoms with E-state index in [0.29, 0.717) is 17.7 Å². The molecule has 0 aliphatic rings. The molecular formula is C12H11F2IN2. The summed E-state index contributed by atoms with van der Waals surface area (Å²) >= 11 is 2.11. The number of fused-ring (bicyclic) bond motifs is 1. The molecule has 2 rings (SSSR count). The Morgan fingerprint density at radius 3 is 2.82 bits per heavy atom. The Bertz CT molecular complexity index is 543. The van der Waals surface area contributed by atoms with Gasteiger partial charge in [-0.25, -0.2) is 13.8 Å². The molecule has 0 amide bonds. The van der Waals surface area contributed by atoms with Gasteiger partial charge in [-0.15, -0.1) is 0 Å². The molecule has 1 aromatic heterocycles. The number of nitrogens with one attached hydrogen (secondary N) is 1. The van der Waals surface area contributed by atoms with Gasteiger partial charge in [-0.1, -0.05) is 12.1 Å². The highest BCUT2D eigenvalue weighted by Gasteiger charge is 2.14. The first-order chi connectivity index (χ1) is 8.13. The van der Waals surface area contributed by atoms with Crippen molar-refractivity contribution in [2.45, 2.75) is 13.3 Å². The van der Waals surface area contributed by atoms with Crippen LogP contribution in [-0.4, -0.2) is 11.5 Å². The van der Waals surface area contributed by atoms with Crippen LogP contribution in [0.2, 0.25) is 0 Å². The molecule has 0 saturated heterocycles. The number of nitrogens with zero attached hydrogens (tertiary/aromatic N) is 1. The van der Waals surface area contributed by atoms with Crippen LogP contribution in [0, 0.1) is 3.57 Å². The van der Waals surface area contributed by atoms with Crippen molar-refractivity contribution in [1.29, 1.82) is 0 Å². The first-order valence-corrected chi connectivity index (χ1v) is 6.32. The van der Waals surface area contributed by atoms with Crippen molar-refractivity contribution < 1.29 is 8.78 Å². The van der Waals surface area contributed by atoms with Gasteiger partial charge in [0.05, 0.1) is 5.52 Å². The second-order valence-corrected chi connectivity index (χ2v) is 4.72. The zero-order valence-electron chi connectivity index (χ0n) is 9.17. The maximum Gasteiger partial charge on any atom is 0.280 e. The maximum atomic E-state index is 12.8. The molecular weight excluding hydrogens is 337 g/mol. The number of benzene rings is 1. The van der Waals surface area contributed by atoms with E-state index < -0.39 is 6.43 Å².